The molecule has 0 aliphatic carbocycles. The molecule has 0 radical (unpaired) electrons. The number of rotatable bonds is 3. The molecule has 0 atom stereocenters. The zero-order valence-corrected chi connectivity index (χ0v) is 12.8. The summed E-state index contributed by atoms with van der Waals surface area (Å²) in [4.78, 5) is 21.7. The van der Waals surface area contributed by atoms with Crippen LogP contribution in [0.4, 0.5) is 5.69 Å². The lowest BCUT2D eigenvalue weighted by Crippen LogP contribution is -2.27. The summed E-state index contributed by atoms with van der Waals surface area (Å²) in [6.07, 6.45) is 0. The fourth-order valence-corrected chi connectivity index (χ4v) is 2.48. The van der Waals surface area contributed by atoms with Crippen LogP contribution in [0.2, 0.25) is 5.02 Å². The van der Waals surface area contributed by atoms with Crippen molar-refractivity contribution in [1.29, 1.82) is 0 Å². The smallest absolute Gasteiger partial charge is 0.256 e. The molecule has 2 aromatic carbocycles. The van der Waals surface area contributed by atoms with Crippen molar-refractivity contribution in [2.45, 2.75) is 6.54 Å². The van der Waals surface area contributed by atoms with Crippen LogP contribution in [-0.4, -0.2) is 27.8 Å². The SMILES string of the molecule is CN(Cc1nc2ccccc2[nH]1)C(=O)c1cccc(Cl)c1N. The Labute approximate surface area is 132 Å². The summed E-state index contributed by atoms with van der Waals surface area (Å²) in [5, 5.41) is 0.378. The average molecular weight is 315 g/mol. The molecule has 112 valence electrons. The van der Waals surface area contributed by atoms with E-state index in [9.17, 15) is 4.79 Å². The maximum Gasteiger partial charge on any atom is 0.256 e. The Morgan fingerprint density at radius 2 is 2.05 bits per heavy atom. The number of fused-ring (bicyclic) bond motifs is 1. The highest BCUT2D eigenvalue weighted by molar-refractivity contribution is 6.33. The van der Waals surface area contributed by atoms with Gasteiger partial charge in [0.1, 0.15) is 5.82 Å². The number of halogens is 1. The number of para-hydroxylation sites is 3. The monoisotopic (exact) mass is 314 g/mol. The number of nitrogens with one attached hydrogen (secondary N) is 1. The van der Waals surface area contributed by atoms with Crippen LogP contribution in [0.15, 0.2) is 42.5 Å². The normalized spacial score (nSPS) is 10.8. The van der Waals surface area contributed by atoms with Gasteiger partial charge < -0.3 is 15.6 Å². The van der Waals surface area contributed by atoms with Crippen molar-refractivity contribution in [3.05, 3.63) is 58.9 Å². The molecule has 3 aromatic rings. The van der Waals surface area contributed by atoms with Crippen molar-refractivity contribution in [3.63, 3.8) is 0 Å². The largest absolute Gasteiger partial charge is 0.397 e. The first-order chi connectivity index (χ1) is 10.6. The topological polar surface area (TPSA) is 75.0 Å². The first-order valence-electron chi connectivity index (χ1n) is 6.79. The molecule has 3 rings (SSSR count). The number of carbonyl (C=O) groups excluding carboxylic acids is 1. The molecular formula is C16H15ClN4O. The van der Waals surface area contributed by atoms with E-state index in [1.165, 1.54) is 0 Å². The van der Waals surface area contributed by atoms with Gasteiger partial charge in [0, 0.05) is 7.05 Å². The van der Waals surface area contributed by atoms with Gasteiger partial charge >= 0.3 is 0 Å². The van der Waals surface area contributed by atoms with E-state index in [-0.39, 0.29) is 5.91 Å². The Bertz CT molecular complexity index is 810. The van der Waals surface area contributed by atoms with Gasteiger partial charge in [-0.3, -0.25) is 4.79 Å². The van der Waals surface area contributed by atoms with Gasteiger partial charge in [0.05, 0.1) is 33.9 Å². The molecule has 0 aliphatic heterocycles. The third-order valence-corrected chi connectivity index (χ3v) is 3.78. The number of nitrogens with two attached hydrogens (primary N) is 1. The van der Waals surface area contributed by atoms with Crippen LogP contribution in [0.25, 0.3) is 11.0 Å². The minimum atomic E-state index is -0.194. The number of benzene rings is 2. The van der Waals surface area contributed by atoms with Gasteiger partial charge in [-0.25, -0.2) is 4.98 Å². The van der Waals surface area contributed by atoms with E-state index in [0.29, 0.717) is 22.8 Å². The van der Waals surface area contributed by atoms with Crippen molar-refractivity contribution >= 4 is 34.2 Å². The van der Waals surface area contributed by atoms with E-state index in [0.717, 1.165) is 16.9 Å². The summed E-state index contributed by atoms with van der Waals surface area (Å²) < 4.78 is 0. The van der Waals surface area contributed by atoms with Crippen LogP contribution in [0.3, 0.4) is 0 Å². The number of anilines is 1. The number of imidazole rings is 1. The molecule has 0 spiro atoms. The van der Waals surface area contributed by atoms with Crippen molar-refractivity contribution in [2.75, 3.05) is 12.8 Å². The highest BCUT2D eigenvalue weighted by Crippen LogP contribution is 2.23. The summed E-state index contributed by atoms with van der Waals surface area (Å²) >= 11 is 5.96. The van der Waals surface area contributed by atoms with E-state index in [2.05, 4.69) is 9.97 Å². The molecule has 22 heavy (non-hydrogen) atoms. The first-order valence-corrected chi connectivity index (χ1v) is 7.17. The lowest BCUT2D eigenvalue weighted by Gasteiger charge is -2.17. The molecular weight excluding hydrogens is 300 g/mol. The van der Waals surface area contributed by atoms with Crippen molar-refractivity contribution in [3.8, 4) is 0 Å². The number of nitrogen functional groups attached to an aromatic ring is 1. The fourth-order valence-electron chi connectivity index (χ4n) is 2.31. The molecule has 0 bridgehead atoms. The van der Waals surface area contributed by atoms with Gasteiger partial charge in [-0.2, -0.15) is 0 Å². The maximum absolute atomic E-state index is 12.5. The van der Waals surface area contributed by atoms with E-state index in [4.69, 9.17) is 17.3 Å². The summed E-state index contributed by atoms with van der Waals surface area (Å²) in [7, 11) is 1.70. The predicted molar refractivity (Wildman–Crippen MR) is 87.8 cm³/mol. The third kappa shape index (κ3) is 2.63. The van der Waals surface area contributed by atoms with Crippen molar-refractivity contribution in [1.82, 2.24) is 14.9 Å². The third-order valence-electron chi connectivity index (χ3n) is 3.46. The number of aromatic amines is 1. The number of amides is 1. The summed E-state index contributed by atoms with van der Waals surface area (Å²) in [6, 6.07) is 12.8. The maximum atomic E-state index is 12.5. The summed E-state index contributed by atoms with van der Waals surface area (Å²) in [5.41, 5.74) is 8.39. The molecule has 0 saturated carbocycles. The lowest BCUT2D eigenvalue weighted by atomic mass is 10.1. The molecule has 0 aliphatic rings. The van der Waals surface area contributed by atoms with Crippen molar-refractivity contribution < 1.29 is 4.79 Å². The van der Waals surface area contributed by atoms with Gasteiger partial charge in [0.15, 0.2) is 0 Å². The zero-order chi connectivity index (χ0) is 15.7. The lowest BCUT2D eigenvalue weighted by molar-refractivity contribution is 0.0783. The number of carbonyl (C=O) groups is 1. The Morgan fingerprint density at radius 3 is 2.82 bits per heavy atom. The molecule has 0 unspecified atom stereocenters. The molecule has 1 aromatic heterocycles. The highest BCUT2D eigenvalue weighted by atomic mass is 35.5. The number of aromatic nitrogens is 2. The first kappa shape index (κ1) is 14.4. The van der Waals surface area contributed by atoms with Crippen LogP contribution in [0, 0.1) is 0 Å². The van der Waals surface area contributed by atoms with Gasteiger partial charge in [0.25, 0.3) is 5.91 Å². The van der Waals surface area contributed by atoms with Crippen LogP contribution in [-0.2, 0) is 6.54 Å². The molecule has 6 heteroatoms. The average Bonchev–Trinajstić information content (AvgIpc) is 2.91. The van der Waals surface area contributed by atoms with E-state index >= 15 is 0 Å². The fraction of sp³-hybridized carbons (Fsp3) is 0.125. The minimum Gasteiger partial charge on any atom is -0.397 e. The van der Waals surface area contributed by atoms with Crippen LogP contribution < -0.4 is 5.73 Å². The van der Waals surface area contributed by atoms with Gasteiger partial charge in [0.2, 0.25) is 0 Å². The highest BCUT2D eigenvalue weighted by Gasteiger charge is 2.17. The summed E-state index contributed by atoms with van der Waals surface area (Å²) in [5.74, 6) is 0.526. The number of nitrogens with zero attached hydrogens (tertiary/aromatic N) is 2. The van der Waals surface area contributed by atoms with Crippen LogP contribution in [0.1, 0.15) is 16.2 Å². The number of hydrogen-bond acceptors (Lipinski definition) is 3. The van der Waals surface area contributed by atoms with Gasteiger partial charge in [-0.15, -0.1) is 0 Å². The molecule has 0 saturated heterocycles. The zero-order valence-electron chi connectivity index (χ0n) is 12.0. The van der Waals surface area contributed by atoms with E-state index < -0.39 is 0 Å². The Hall–Kier alpha value is -2.53. The summed E-state index contributed by atoms with van der Waals surface area (Å²) in [6.45, 7) is 0.361. The number of hydrogen-bond donors (Lipinski definition) is 2. The second-order valence-corrected chi connectivity index (χ2v) is 5.47. The Morgan fingerprint density at radius 1 is 1.27 bits per heavy atom. The van der Waals surface area contributed by atoms with Gasteiger partial charge in [-0.05, 0) is 24.3 Å². The molecule has 1 amide bonds. The minimum absolute atomic E-state index is 0.194. The Balaban J connectivity index is 1.83. The van der Waals surface area contributed by atoms with E-state index in [1.54, 1.807) is 30.1 Å². The molecule has 0 fully saturated rings. The van der Waals surface area contributed by atoms with E-state index in [1.807, 2.05) is 24.3 Å². The van der Waals surface area contributed by atoms with Crippen LogP contribution in [0.5, 0.6) is 0 Å². The second-order valence-electron chi connectivity index (χ2n) is 5.06. The van der Waals surface area contributed by atoms with Crippen LogP contribution >= 0.6 is 11.6 Å². The molecule has 5 nitrogen and oxygen atoms in total. The van der Waals surface area contributed by atoms with Crippen molar-refractivity contribution in [2.24, 2.45) is 0 Å². The predicted octanol–water partition coefficient (Wildman–Crippen LogP) is 3.07. The van der Waals surface area contributed by atoms with Gasteiger partial charge in [-0.1, -0.05) is 29.8 Å². The Kier molecular flexibility index (Phi) is 3.73. The molecule has 1 heterocycles. The standard InChI is InChI=1S/C16H15ClN4O/c1-21(16(22)10-5-4-6-11(17)15(10)18)9-14-19-12-7-2-3-8-13(12)20-14/h2-8H,9,18H2,1H3,(H,19,20). The second kappa shape index (κ2) is 5.69. The number of H-pyrrole nitrogens is 1. The molecule has 3 N–H and O–H groups in total. The quantitative estimate of drug-likeness (QED) is 0.729.